The van der Waals surface area contributed by atoms with Crippen LogP contribution in [0.5, 0.6) is 0 Å². The van der Waals surface area contributed by atoms with Crippen molar-refractivity contribution in [3.05, 3.63) is 18.1 Å². The van der Waals surface area contributed by atoms with Gasteiger partial charge in [0, 0.05) is 18.4 Å². The number of nitrogens with zero attached hydrogens (tertiary/aromatic N) is 2. The molecule has 5 heteroatoms. The van der Waals surface area contributed by atoms with Crippen LogP contribution in [0.4, 0.5) is 5.82 Å². The van der Waals surface area contributed by atoms with Crippen molar-refractivity contribution in [2.45, 2.75) is 32.7 Å². The Labute approximate surface area is 100 Å². The molecule has 2 N–H and O–H groups in total. The maximum Gasteiger partial charge on any atom is 0.358 e. The van der Waals surface area contributed by atoms with Crippen LogP contribution in [-0.4, -0.2) is 27.1 Å². The van der Waals surface area contributed by atoms with Gasteiger partial charge in [0.05, 0.1) is 0 Å². The number of hydrogen-bond acceptors (Lipinski definition) is 4. The van der Waals surface area contributed by atoms with E-state index in [9.17, 15) is 4.79 Å². The highest BCUT2D eigenvalue weighted by molar-refractivity contribution is 5.90. The SMILES string of the molecule is CC1CCC(Nc2nccnc2C(=O)O)C1C. The van der Waals surface area contributed by atoms with E-state index in [2.05, 4.69) is 29.1 Å². The molecule has 1 aliphatic rings. The second-order valence-corrected chi connectivity index (χ2v) is 4.72. The average Bonchev–Trinajstić information content (AvgIpc) is 2.61. The van der Waals surface area contributed by atoms with Crippen LogP contribution >= 0.6 is 0 Å². The third-order valence-electron chi connectivity index (χ3n) is 3.69. The summed E-state index contributed by atoms with van der Waals surface area (Å²) in [5.41, 5.74) is -0.000692. The molecule has 0 spiro atoms. The standard InChI is InChI=1S/C12H17N3O2/c1-7-3-4-9(8(7)2)15-11-10(12(16)17)13-5-6-14-11/h5-9H,3-4H2,1-2H3,(H,14,15)(H,16,17). The zero-order valence-corrected chi connectivity index (χ0v) is 10.1. The fourth-order valence-electron chi connectivity index (χ4n) is 2.34. The molecule has 92 valence electrons. The number of aromatic nitrogens is 2. The van der Waals surface area contributed by atoms with E-state index in [0.29, 0.717) is 23.7 Å². The summed E-state index contributed by atoms with van der Waals surface area (Å²) in [5, 5.41) is 12.2. The Hall–Kier alpha value is -1.65. The van der Waals surface area contributed by atoms with Gasteiger partial charge in [-0.15, -0.1) is 0 Å². The molecule has 3 atom stereocenters. The molecule has 17 heavy (non-hydrogen) atoms. The van der Waals surface area contributed by atoms with Crippen molar-refractivity contribution in [1.29, 1.82) is 0 Å². The summed E-state index contributed by atoms with van der Waals surface area (Å²) in [6.45, 7) is 4.41. The van der Waals surface area contributed by atoms with Crippen LogP contribution in [0.25, 0.3) is 0 Å². The smallest absolute Gasteiger partial charge is 0.358 e. The van der Waals surface area contributed by atoms with Gasteiger partial charge < -0.3 is 10.4 Å². The first-order chi connectivity index (χ1) is 8.09. The van der Waals surface area contributed by atoms with Crippen LogP contribution in [0.2, 0.25) is 0 Å². The van der Waals surface area contributed by atoms with Crippen molar-refractivity contribution in [2.24, 2.45) is 11.8 Å². The molecule has 0 aromatic carbocycles. The van der Waals surface area contributed by atoms with E-state index in [1.807, 2.05) is 0 Å². The lowest BCUT2D eigenvalue weighted by molar-refractivity contribution is 0.0691. The molecule has 0 amide bonds. The molecule has 1 aromatic rings. The predicted molar refractivity (Wildman–Crippen MR) is 64.0 cm³/mol. The summed E-state index contributed by atoms with van der Waals surface area (Å²) >= 11 is 0. The van der Waals surface area contributed by atoms with Crippen molar-refractivity contribution in [1.82, 2.24) is 9.97 Å². The maximum absolute atomic E-state index is 11.0. The van der Waals surface area contributed by atoms with Crippen molar-refractivity contribution in [3.8, 4) is 0 Å². The number of aromatic carboxylic acids is 1. The third kappa shape index (κ3) is 2.38. The van der Waals surface area contributed by atoms with Crippen LogP contribution in [0.1, 0.15) is 37.2 Å². The first-order valence-electron chi connectivity index (χ1n) is 5.90. The minimum absolute atomic E-state index is 0.000692. The number of carboxylic acids is 1. The van der Waals surface area contributed by atoms with Crippen LogP contribution in [-0.2, 0) is 0 Å². The monoisotopic (exact) mass is 235 g/mol. The third-order valence-corrected chi connectivity index (χ3v) is 3.69. The summed E-state index contributed by atoms with van der Waals surface area (Å²) in [6.07, 6.45) is 5.13. The summed E-state index contributed by atoms with van der Waals surface area (Å²) in [5.74, 6) is 0.529. The van der Waals surface area contributed by atoms with Gasteiger partial charge in [-0.05, 0) is 24.7 Å². The molecule has 1 saturated carbocycles. The minimum Gasteiger partial charge on any atom is -0.476 e. The predicted octanol–water partition coefficient (Wildman–Crippen LogP) is 2.02. The van der Waals surface area contributed by atoms with Gasteiger partial charge >= 0.3 is 5.97 Å². The van der Waals surface area contributed by atoms with Gasteiger partial charge in [0.25, 0.3) is 0 Å². The molecular weight excluding hydrogens is 218 g/mol. The second kappa shape index (κ2) is 4.69. The van der Waals surface area contributed by atoms with Gasteiger partial charge in [-0.3, -0.25) is 0 Å². The van der Waals surface area contributed by atoms with Crippen molar-refractivity contribution in [3.63, 3.8) is 0 Å². The molecule has 1 aliphatic carbocycles. The summed E-state index contributed by atoms with van der Waals surface area (Å²) in [4.78, 5) is 18.9. The lowest BCUT2D eigenvalue weighted by Crippen LogP contribution is -2.26. The van der Waals surface area contributed by atoms with Crippen LogP contribution in [0.3, 0.4) is 0 Å². The zero-order chi connectivity index (χ0) is 12.4. The number of carboxylic acid groups (broad SMARTS) is 1. The molecule has 0 aliphatic heterocycles. The highest BCUT2D eigenvalue weighted by atomic mass is 16.4. The molecule has 3 unspecified atom stereocenters. The number of hydrogen-bond donors (Lipinski definition) is 2. The van der Waals surface area contributed by atoms with Crippen LogP contribution in [0, 0.1) is 11.8 Å². The molecular formula is C12H17N3O2. The Morgan fingerprint density at radius 3 is 2.65 bits per heavy atom. The van der Waals surface area contributed by atoms with Gasteiger partial charge in [0.2, 0.25) is 0 Å². The number of carbonyl (C=O) groups is 1. The number of nitrogens with one attached hydrogen (secondary N) is 1. The van der Waals surface area contributed by atoms with E-state index >= 15 is 0 Å². The molecule has 2 rings (SSSR count). The first kappa shape index (κ1) is 11.8. The Kier molecular flexibility index (Phi) is 3.26. The molecule has 1 aromatic heterocycles. The summed E-state index contributed by atoms with van der Waals surface area (Å²) in [7, 11) is 0. The van der Waals surface area contributed by atoms with Gasteiger partial charge in [-0.25, -0.2) is 14.8 Å². The Bertz CT molecular complexity index is 422. The largest absolute Gasteiger partial charge is 0.476 e. The summed E-state index contributed by atoms with van der Waals surface area (Å²) < 4.78 is 0. The van der Waals surface area contributed by atoms with Crippen molar-refractivity contribution >= 4 is 11.8 Å². The lowest BCUT2D eigenvalue weighted by Gasteiger charge is -2.20. The highest BCUT2D eigenvalue weighted by Gasteiger charge is 2.30. The quantitative estimate of drug-likeness (QED) is 0.838. The molecule has 0 saturated heterocycles. The van der Waals surface area contributed by atoms with E-state index in [-0.39, 0.29) is 5.69 Å². The van der Waals surface area contributed by atoms with Gasteiger partial charge in [0.1, 0.15) is 0 Å². The molecule has 1 fully saturated rings. The van der Waals surface area contributed by atoms with Crippen molar-refractivity contribution in [2.75, 3.05) is 5.32 Å². The van der Waals surface area contributed by atoms with Crippen LogP contribution < -0.4 is 5.32 Å². The number of rotatable bonds is 3. The fraction of sp³-hybridized carbons (Fsp3) is 0.583. The topological polar surface area (TPSA) is 75.1 Å². The minimum atomic E-state index is -1.04. The Morgan fingerprint density at radius 1 is 1.35 bits per heavy atom. The van der Waals surface area contributed by atoms with Crippen LogP contribution in [0.15, 0.2) is 12.4 Å². The maximum atomic E-state index is 11.0. The van der Waals surface area contributed by atoms with E-state index in [4.69, 9.17) is 5.11 Å². The second-order valence-electron chi connectivity index (χ2n) is 4.72. The highest BCUT2D eigenvalue weighted by Crippen LogP contribution is 2.33. The normalized spacial score (nSPS) is 28.0. The Morgan fingerprint density at radius 2 is 2.06 bits per heavy atom. The lowest BCUT2D eigenvalue weighted by atomic mass is 9.98. The van der Waals surface area contributed by atoms with Crippen molar-refractivity contribution < 1.29 is 9.90 Å². The summed E-state index contributed by atoms with van der Waals surface area (Å²) in [6, 6.07) is 0.291. The van der Waals surface area contributed by atoms with E-state index < -0.39 is 5.97 Å². The van der Waals surface area contributed by atoms with Gasteiger partial charge in [-0.2, -0.15) is 0 Å². The Balaban J connectivity index is 2.16. The van der Waals surface area contributed by atoms with Gasteiger partial charge in [-0.1, -0.05) is 13.8 Å². The van der Waals surface area contributed by atoms with E-state index in [1.54, 1.807) is 0 Å². The fourth-order valence-corrected chi connectivity index (χ4v) is 2.34. The van der Waals surface area contributed by atoms with E-state index in [1.165, 1.54) is 18.8 Å². The zero-order valence-electron chi connectivity index (χ0n) is 10.1. The molecule has 1 heterocycles. The average molecular weight is 235 g/mol. The van der Waals surface area contributed by atoms with Gasteiger partial charge in [0.15, 0.2) is 11.5 Å². The van der Waals surface area contributed by atoms with E-state index in [0.717, 1.165) is 6.42 Å². The number of anilines is 1. The molecule has 0 radical (unpaired) electrons. The molecule has 5 nitrogen and oxygen atoms in total. The molecule has 0 bridgehead atoms. The first-order valence-corrected chi connectivity index (χ1v) is 5.90.